The molecule has 2 aromatic carbocycles. The summed E-state index contributed by atoms with van der Waals surface area (Å²) < 4.78 is 7.61. The minimum atomic E-state index is -0.137. The first-order valence-corrected chi connectivity index (χ1v) is 9.59. The number of benzene rings is 2. The summed E-state index contributed by atoms with van der Waals surface area (Å²) in [6, 6.07) is 20.0. The summed E-state index contributed by atoms with van der Waals surface area (Å²) in [5, 5.41) is 6.39. The van der Waals surface area contributed by atoms with Crippen LogP contribution in [-0.2, 0) is 17.8 Å². The van der Waals surface area contributed by atoms with Crippen molar-refractivity contribution >= 4 is 22.9 Å². The van der Waals surface area contributed by atoms with Gasteiger partial charge in [-0.05, 0) is 48.4 Å². The van der Waals surface area contributed by atoms with E-state index in [1.54, 1.807) is 12.5 Å². The summed E-state index contributed by atoms with van der Waals surface area (Å²) in [4.78, 5) is 12.4. The van der Waals surface area contributed by atoms with Crippen LogP contribution in [0.25, 0.3) is 10.8 Å². The summed E-state index contributed by atoms with van der Waals surface area (Å²) in [6.07, 6.45) is 3.66. The molecule has 1 amide bonds. The van der Waals surface area contributed by atoms with Crippen molar-refractivity contribution < 1.29 is 9.21 Å². The quantitative estimate of drug-likeness (QED) is 0.390. The fourth-order valence-electron chi connectivity index (χ4n) is 3.59. The molecule has 146 valence electrons. The van der Waals surface area contributed by atoms with E-state index in [0.717, 1.165) is 39.0 Å². The molecule has 0 spiro atoms. The van der Waals surface area contributed by atoms with E-state index in [2.05, 4.69) is 21.2 Å². The van der Waals surface area contributed by atoms with Crippen molar-refractivity contribution in [1.82, 2.24) is 9.99 Å². The van der Waals surface area contributed by atoms with Crippen LogP contribution >= 0.6 is 0 Å². The maximum absolute atomic E-state index is 12.4. The molecule has 0 atom stereocenters. The molecule has 0 aliphatic heterocycles. The van der Waals surface area contributed by atoms with Crippen LogP contribution in [0.15, 0.2) is 76.4 Å². The molecule has 2 aromatic heterocycles. The number of aryl methyl sites for hydroxylation is 1. The van der Waals surface area contributed by atoms with Crippen LogP contribution in [0.4, 0.5) is 0 Å². The van der Waals surface area contributed by atoms with Crippen molar-refractivity contribution in [1.29, 1.82) is 0 Å². The third-order valence-electron chi connectivity index (χ3n) is 5.13. The Labute approximate surface area is 169 Å². The molecule has 5 nitrogen and oxygen atoms in total. The number of rotatable bonds is 6. The van der Waals surface area contributed by atoms with Crippen molar-refractivity contribution in [3.05, 3.63) is 95.2 Å². The molecule has 4 rings (SSSR count). The van der Waals surface area contributed by atoms with Gasteiger partial charge in [-0.25, -0.2) is 5.43 Å². The molecule has 1 N–H and O–H groups in total. The second-order valence-electron chi connectivity index (χ2n) is 7.10. The Morgan fingerprint density at radius 2 is 1.93 bits per heavy atom. The molecule has 29 heavy (non-hydrogen) atoms. The zero-order valence-corrected chi connectivity index (χ0v) is 16.6. The summed E-state index contributed by atoms with van der Waals surface area (Å²) in [5.74, 6) is 0.765. The molecule has 0 bridgehead atoms. The van der Waals surface area contributed by atoms with Crippen molar-refractivity contribution in [3.8, 4) is 0 Å². The number of hydrogen-bond acceptors (Lipinski definition) is 3. The van der Waals surface area contributed by atoms with Gasteiger partial charge in [0.25, 0.3) is 0 Å². The number of amides is 1. The number of hydrogen-bond donors (Lipinski definition) is 1. The zero-order chi connectivity index (χ0) is 20.2. The number of aromatic nitrogens is 1. The first-order valence-electron chi connectivity index (χ1n) is 9.59. The van der Waals surface area contributed by atoms with Gasteiger partial charge >= 0.3 is 0 Å². The summed E-state index contributed by atoms with van der Waals surface area (Å²) >= 11 is 0. The van der Waals surface area contributed by atoms with Crippen LogP contribution in [0, 0.1) is 13.8 Å². The third kappa shape index (κ3) is 4.14. The number of nitrogens with zero attached hydrogens (tertiary/aromatic N) is 2. The molecule has 0 saturated heterocycles. The van der Waals surface area contributed by atoms with Crippen LogP contribution < -0.4 is 5.43 Å². The number of carbonyl (C=O) groups excluding carboxylic acids is 1. The molecular weight excluding hydrogens is 362 g/mol. The summed E-state index contributed by atoms with van der Waals surface area (Å²) in [6.45, 7) is 4.76. The van der Waals surface area contributed by atoms with E-state index in [9.17, 15) is 4.79 Å². The van der Waals surface area contributed by atoms with Gasteiger partial charge in [0.15, 0.2) is 0 Å². The first kappa shape index (κ1) is 18.7. The lowest BCUT2D eigenvalue weighted by Crippen LogP contribution is -2.20. The Kier molecular flexibility index (Phi) is 5.29. The fourth-order valence-corrected chi connectivity index (χ4v) is 3.59. The second kappa shape index (κ2) is 8.19. The number of nitrogens with one attached hydrogen (secondary N) is 1. The van der Waals surface area contributed by atoms with E-state index in [0.29, 0.717) is 6.54 Å². The molecule has 0 fully saturated rings. The number of hydrazone groups is 1. The largest absolute Gasteiger partial charge is 0.467 e. The van der Waals surface area contributed by atoms with E-state index < -0.39 is 0 Å². The lowest BCUT2D eigenvalue weighted by molar-refractivity contribution is -0.120. The lowest BCUT2D eigenvalue weighted by atomic mass is 10.0. The lowest BCUT2D eigenvalue weighted by Gasteiger charge is -2.07. The minimum Gasteiger partial charge on any atom is -0.467 e. The van der Waals surface area contributed by atoms with Gasteiger partial charge in [-0.3, -0.25) is 4.79 Å². The summed E-state index contributed by atoms with van der Waals surface area (Å²) in [7, 11) is 0. The van der Waals surface area contributed by atoms with E-state index >= 15 is 0 Å². The normalized spacial score (nSPS) is 11.4. The molecule has 0 unspecified atom stereocenters. The molecule has 5 heteroatoms. The van der Waals surface area contributed by atoms with Crippen molar-refractivity contribution in [3.63, 3.8) is 0 Å². The SMILES string of the molecule is Cc1cc(/C=N/NC(=O)Cc2cccc3ccccc23)c(C)n1Cc1ccco1. The predicted molar refractivity (Wildman–Crippen MR) is 115 cm³/mol. The maximum Gasteiger partial charge on any atom is 0.244 e. The van der Waals surface area contributed by atoms with Crippen molar-refractivity contribution in [2.24, 2.45) is 5.10 Å². The van der Waals surface area contributed by atoms with E-state index in [-0.39, 0.29) is 12.3 Å². The molecule has 2 heterocycles. The highest BCUT2D eigenvalue weighted by molar-refractivity contribution is 5.90. The fraction of sp³-hybridized carbons (Fsp3) is 0.167. The molecule has 0 radical (unpaired) electrons. The topological polar surface area (TPSA) is 59.5 Å². The van der Waals surface area contributed by atoms with Gasteiger partial charge < -0.3 is 8.98 Å². The number of fused-ring (bicyclic) bond motifs is 1. The smallest absolute Gasteiger partial charge is 0.244 e. The average Bonchev–Trinajstić information content (AvgIpc) is 3.32. The third-order valence-corrected chi connectivity index (χ3v) is 5.13. The summed E-state index contributed by atoms with van der Waals surface area (Å²) in [5.41, 5.74) is 6.80. The van der Waals surface area contributed by atoms with E-state index in [1.165, 1.54) is 0 Å². The van der Waals surface area contributed by atoms with Crippen molar-refractivity contribution in [2.45, 2.75) is 26.8 Å². The van der Waals surface area contributed by atoms with Gasteiger partial charge in [-0.1, -0.05) is 42.5 Å². The highest BCUT2D eigenvalue weighted by Crippen LogP contribution is 2.19. The molecule has 4 aromatic rings. The molecule has 0 saturated carbocycles. The molecule has 0 aliphatic carbocycles. The Morgan fingerprint density at radius 3 is 2.76 bits per heavy atom. The number of carbonyl (C=O) groups is 1. The monoisotopic (exact) mass is 385 g/mol. The highest BCUT2D eigenvalue weighted by Gasteiger charge is 2.10. The van der Waals surface area contributed by atoms with E-state index in [1.807, 2.05) is 68.4 Å². The van der Waals surface area contributed by atoms with Crippen LogP contribution in [0.5, 0.6) is 0 Å². The predicted octanol–water partition coefficient (Wildman–Crippen LogP) is 4.59. The van der Waals surface area contributed by atoms with Gasteiger partial charge in [-0.2, -0.15) is 5.10 Å². The Morgan fingerprint density at radius 1 is 1.10 bits per heavy atom. The molecule has 0 aliphatic rings. The minimum absolute atomic E-state index is 0.137. The van der Waals surface area contributed by atoms with Crippen LogP contribution in [0.3, 0.4) is 0 Å². The van der Waals surface area contributed by atoms with Crippen LogP contribution in [0.1, 0.15) is 28.3 Å². The van der Waals surface area contributed by atoms with Crippen LogP contribution in [0.2, 0.25) is 0 Å². The van der Waals surface area contributed by atoms with Gasteiger partial charge in [0.2, 0.25) is 5.91 Å². The van der Waals surface area contributed by atoms with Gasteiger partial charge in [-0.15, -0.1) is 0 Å². The molecular formula is C24H23N3O2. The van der Waals surface area contributed by atoms with Crippen molar-refractivity contribution in [2.75, 3.05) is 0 Å². The standard InChI is InChI=1S/C24H23N3O2/c1-17-13-21(18(2)27(17)16-22-10-6-12-29-22)15-25-26-24(28)14-20-9-5-8-19-7-3-4-11-23(19)20/h3-13,15H,14,16H2,1-2H3,(H,26,28)/b25-15+. The first-order chi connectivity index (χ1) is 14.1. The Balaban J connectivity index is 1.43. The Bertz CT molecular complexity index is 1170. The van der Waals surface area contributed by atoms with E-state index in [4.69, 9.17) is 4.42 Å². The Hall–Kier alpha value is -3.60. The highest BCUT2D eigenvalue weighted by atomic mass is 16.3. The maximum atomic E-state index is 12.4. The van der Waals surface area contributed by atoms with Gasteiger partial charge in [0, 0.05) is 17.0 Å². The van der Waals surface area contributed by atoms with Gasteiger partial charge in [0.1, 0.15) is 5.76 Å². The van der Waals surface area contributed by atoms with Crippen LogP contribution in [-0.4, -0.2) is 16.7 Å². The number of furan rings is 1. The van der Waals surface area contributed by atoms with Gasteiger partial charge in [0.05, 0.1) is 25.4 Å². The second-order valence-corrected chi connectivity index (χ2v) is 7.10. The average molecular weight is 385 g/mol. The zero-order valence-electron chi connectivity index (χ0n) is 16.6.